The van der Waals surface area contributed by atoms with Gasteiger partial charge < -0.3 is 0 Å². The number of fused-ring (bicyclic) bond motifs is 3. The fraction of sp³-hybridized carbons (Fsp3) is 0.513. The zero-order valence-electron chi connectivity index (χ0n) is 28.1. The van der Waals surface area contributed by atoms with Crippen LogP contribution in [0.5, 0.6) is 0 Å². The highest BCUT2D eigenvalue weighted by Gasteiger charge is 2.32. The lowest BCUT2D eigenvalue weighted by Crippen LogP contribution is -2.30. The molecule has 0 atom stereocenters. The van der Waals surface area contributed by atoms with Gasteiger partial charge in [0.2, 0.25) is 0 Å². The standard InChI is InChI=1S/C39H53P/c1-35(2,3)24-16-18-27-28-19-17-25(36(4,5)6)21-30(28)33(29(27)20-24)40-34-31(38(10,11)12)22-26(37(7,8)9)23-32(34)39(13,14)15/h16-23H,1-15H3. The van der Waals surface area contributed by atoms with Crippen LogP contribution in [0, 0.1) is 0 Å². The molecule has 0 saturated carbocycles. The summed E-state index contributed by atoms with van der Waals surface area (Å²) in [6.07, 6.45) is 0. The van der Waals surface area contributed by atoms with E-state index in [0.29, 0.717) is 0 Å². The second-order valence-corrected chi connectivity index (χ2v) is 18.3. The van der Waals surface area contributed by atoms with Gasteiger partial charge in [-0.2, -0.15) is 0 Å². The Bertz CT molecular complexity index is 1380. The molecule has 0 nitrogen and oxygen atoms in total. The van der Waals surface area contributed by atoms with Crippen molar-refractivity contribution in [3.8, 4) is 11.1 Å². The number of benzene rings is 3. The molecular weight excluding hydrogens is 499 g/mol. The summed E-state index contributed by atoms with van der Waals surface area (Å²) in [4.78, 5) is 0. The Morgan fingerprint density at radius 1 is 0.375 bits per heavy atom. The fourth-order valence-electron chi connectivity index (χ4n) is 5.59. The average molecular weight is 553 g/mol. The first-order chi connectivity index (χ1) is 18.0. The molecule has 0 aromatic heterocycles. The van der Waals surface area contributed by atoms with Crippen molar-refractivity contribution in [3.05, 3.63) is 87.5 Å². The van der Waals surface area contributed by atoms with Crippen LogP contribution >= 0.6 is 8.20 Å². The maximum absolute atomic E-state index is 2.52. The number of hydrogen-bond donors (Lipinski definition) is 0. The molecule has 0 saturated heterocycles. The third-order valence-corrected chi connectivity index (χ3v) is 9.80. The molecule has 40 heavy (non-hydrogen) atoms. The highest BCUT2D eigenvalue weighted by molar-refractivity contribution is 7.50. The second-order valence-electron chi connectivity index (χ2n) is 17.2. The van der Waals surface area contributed by atoms with Crippen molar-refractivity contribution in [2.75, 3.05) is 0 Å². The Balaban J connectivity index is 2.16. The molecule has 0 fully saturated rings. The van der Waals surface area contributed by atoms with Crippen molar-refractivity contribution in [2.24, 2.45) is 0 Å². The minimum Gasteiger partial charge on any atom is -0.0585 e. The van der Waals surface area contributed by atoms with Crippen LogP contribution in [0.1, 0.15) is 143 Å². The average Bonchev–Trinajstić information content (AvgIpc) is 3.08. The zero-order chi connectivity index (χ0) is 30.2. The molecule has 1 aliphatic rings. The molecule has 4 rings (SSSR count). The van der Waals surface area contributed by atoms with Crippen LogP contribution in [0.15, 0.2) is 48.5 Å². The van der Waals surface area contributed by atoms with Crippen molar-refractivity contribution in [1.29, 1.82) is 0 Å². The molecule has 0 heterocycles. The molecule has 0 amide bonds. The minimum atomic E-state index is 0.0366. The van der Waals surface area contributed by atoms with E-state index in [1.807, 2.05) is 0 Å². The fourth-order valence-corrected chi connectivity index (χ4v) is 7.47. The summed E-state index contributed by atoms with van der Waals surface area (Å²) in [7, 11) is 1.31. The van der Waals surface area contributed by atoms with E-state index < -0.39 is 0 Å². The molecule has 3 aromatic rings. The zero-order valence-corrected chi connectivity index (χ0v) is 29.0. The van der Waals surface area contributed by atoms with Crippen LogP contribution < -0.4 is 5.30 Å². The van der Waals surface area contributed by atoms with Gasteiger partial charge in [-0.15, -0.1) is 0 Å². The van der Waals surface area contributed by atoms with Gasteiger partial charge in [-0.05, 0) is 89.3 Å². The van der Waals surface area contributed by atoms with Gasteiger partial charge in [0, 0.05) is 10.6 Å². The Labute approximate surface area is 247 Å². The summed E-state index contributed by atoms with van der Waals surface area (Å²) in [6.45, 7) is 35.3. The molecule has 0 unspecified atom stereocenters. The van der Waals surface area contributed by atoms with Crippen LogP contribution in [0.2, 0.25) is 0 Å². The molecule has 1 heteroatoms. The Kier molecular flexibility index (Phi) is 7.46. The predicted octanol–water partition coefficient (Wildman–Crippen LogP) is 11.0. The van der Waals surface area contributed by atoms with E-state index >= 15 is 0 Å². The van der Waals surface area contributed by atoms with Gasteiger partial charge >= 0.3 is 0 Å². The van der Waals surface area contributed by atoms with Gasteiger partial charge in [0.25, 0.3) is 0 Å². The lowest BCUT2D eigenvalue weighted by Gasteiger charge is -2.32. The van der Waals surface area contributed by atoms with Crippen molar-refractivity contribution in [3.63, 3.8) is 0 Å². The molecule has 214 valence electrons. The number of rotatable bonds is 1. The maximum atomic E-state index is 2.52. The summed E-state index contributed by atoms with van der Waals surface area (Å²) in [6, 6.07) is 19.5. The topological polar surface area (TPSA) is 0 Å². The van der Waals surface area contributed by atoms with E-state index in [-0.39, 0.29) is 27.1 Å². The number of hydrogen-bond acceptors (Lipinski definition) is 0. The molecule has 0 bridgehead atoms. The summed E-state index contributed by atoms with van der Waals surface area (Å²) in [5.74, 6) is 0. The smallest absolute Gasteiger partial charge is 0.0181 e. The van der Waals surface area contributed by atoms with E-state index in [4.69, 9.17) is 0 Å². The van der Waals surface area contributed by atoms with Gasteiger partial charge in [0.15, 0.2) is 0 Å². The third kappa shape index (κ3) is 5.90. The van der Waals surface area contributed by atoms with Gasteiger partial charge in [-0.1, -0.05) is 148 Å². The van der Waals surface area contributed by atoms with Crippen LogP contribution in [0.3, 0.4) is 0 Å². The molecular formula is C39H53P. The Morgan fingerprint density at radius 3 is 1.02 bits per heavy atom. The first-order valence-corrected chi connectivity index (χ1v) is 16.0. The first-order valence-electron chi connectivity index (χ1n) is 15.1. The Hall–Kier alpha value is -2.17. The largest absolute Gasteiger partial charge is 0.0585 e. The molecule has 0 N–H and O–H groups in total. The summed E-state index contributed by atoms with van der Waals surface area (Å²) >= 11 is 0. The van der Waals surface area contributed by atoms with Crippen molar-refractivity contribution in [1.82, 2.24) is 0 Å². The lowest BCUT2D eigenvalue weighted by molar-refractivity contribution is 0.554. The Morgan fingerprint density at radius 2 is 0.725 bits per heavy atom. The van der Waals surface area contributed by atoms with Gasteiger partial charge in [0.1, 0.15) is 0 Å². The highest BCUT2D eigenvalue weighted by atomic mass is 31.1. The molecule has 1 aliphatic carbocycles. The minimum absolute atomic E-state index is 0.0366. The van der Waals surface area contributed by atoms with Crippen LogP contribution in [-0.2, 0) is 27.1 Å². The lowest BCUT2D eigenvalue weighted by atomic mass is 9.75. The highest BCUT2D eigenvalue weighted by Crippen LogP contribution is 2.44. The van der Waals surface area contributed by atoms with Crippen LogP contribution in [0.25, 0.3) is 11.1 Å². The van der Waals surface area contributed by atoms with Gasteiger partial charge in [-0.3, -0.25) is 0 Å². The van der Waals surface area contributed by atoms with Gasteiger partial charge in [-0.25, -0.2) is 0 Å². The predicted molar refractivity (Wildman–Crippen MR) is 182 cm³/mol. The van der Waals surface area contributed by atoms with Crippen molar-refractivity contribution < 1.29 is 0 Å². The van der Waals surface area contributed by atoms with Crippen LogP contribution in [-0.4, -0.2) is 5.29 Å². The SMILES string of the molecule is CC(C)(C)c1ccc2c(c1)C(=Pc1c(C(C)(C)C)cc(C(C)(C)C)cc1C(C)(C)C)c1cc(C(C)(C)C)ccc1-2. The van der Waals surface area contributed by atoms with E-state index in [2.05, 4.69) is 152 Å². The molecule has 3 aromatic carbocycles. The third-order valence-electron chi connectivity index (χ3n) is 8.39. The molecule has 0 aliphatic heterocycles. The maximum Gasteiger partial charge on any atom is 0.0181 e. The molecule has 0 spiro atoms. The van der Waals surface area contributed by atoms with Gasteiger partial charge in [0.05, 0.1) is 0 Å². The molecule has 0 radical (unpaired) electrons. The van der Waals surface area contributed by atoms with Crippen molar-refractivity contribution in [2.45, 2.75) is 131 Å². The first kappa shape index (κ1) is 30.8. The summed E-state index contributed by atoms with van der Waals surface area (Å²) in [5, 5.41) is 2.95. The van der Waals surface area contributed by atoms with E-state index in [1.54, 1.807) is 0 Å². The van der Waals surface area contributed by atoms with Crippen molar-refractivity contribution >= 4 is 18.8 Å². The second kappa shape index (κ2) is 9.70. The van der Waals surface area contributed by atoms with E-state index in [1.165, 1.54) is 68.9 Å². The summed E-state index contributed by atoms with van der Waals surface area (Å²) < 4.78 is 0. The summed E-state index contributed by atoms with van der Waals surface area (Å²) in [5.41, 5.74) is 13.2. The van der Waals surface area contributed by atoms with Crippen LogP contribution in [0.4, 0.5) is 0 Å². The monoisotopic (exact) mass is 552 g/mol. The quantitative estimate of drug-likeness (QED) is 0.206. The van der Waals surface area contributed by atoms with E-state index in [9.17, 15) is 0 Å². The van der Waals surface area contributed by atoms with E-state index in [0.717, 1.165) is 0 Å². The normalized spacial score (nSPS) is 14.5.